The summed E-state index contributed by atoms with van der Waals surface area (Å²) in [4.78, 5) is 11.5. The summed E-state index contributed by atoms with van der Waals surface area (Å²) in [7, 11) is 0. The fourth-order valence-electron chi connectivity index (χ4n) is 5.10. The first-order valence-electron chi connectivity index (χ1n) is 10.3. The molecule has 150 valence electrons. The third-order valence-electron chi connectivity index (χ3n) is 7.44. The minimum absolute atomic E-state index is 0.00598. The van der Waals surface area contributed by atoms with Crippen LogP contribution in [-0.4, -0.2) is 17.8 Å². The van der Waals surface area contributed by atoms with Crippen LogP contribution in [-0.2, 0) is 0 Å². The van der Waals surface area contributed by atoms with E-state index in [0.29, 0.717) is 24.0 Å². The van der Waals surface area contributed by atoms with Gasteiger partial charge in [0.05, 0.1) is 12.7 Å². The van der Waals surface area contributed by atoms with Crippen molar-refractivity contribution < 1.29 is 14.3 Å². The molecule has 4 heteroatoms. The van der Waals surface area contributed by atoms with Crippen LogP contribution in [0.2, 0.25) is 0 Å². The highest BCUT2D eigenvalue weighted by molar-refractivity contribution is 5.77. The van der Waals surface area contributed by atoms with Crippen molar-refractivity contribution in [2.45, 2.75) is 53.1 Å². The molecule has 1 saturated carbocycles. The largest absolute Gasteiger partial charge is 0.493 e. The zero-order chi connectivity index (χ0) is 20.1. The SMILES string of the molecule is C[C@H]1CC=C2[C@H](CC[C@H](O)C2(C)C)[C@@]1(C)COc1ccc2ccc(=O)oc2c1. The van der Waals surface area contributed by atoms with Gasteiger partial charge in [0, 0.05) is 28.3 Å². The molecule has 2 aromatic rings. The molecule has 1 heterocycles. The Labute approximate surface area is 166 Å². The van der Waals surface area contributed by atoms with Crippen molar-refractivity contribution in [3.05, 3.63) is 52.4 Å². The minimum atomic E-state index is -0.352. The van der Waals surface area contributed by atoms with Crippen LogP contribution in [0.3, 0.4) is 0 Å². The molecule has 1 fully saturated rings. The smallest absolute Gasteiger partial charge is 0.336 e. The van der Waals surface area contributed by atoms with Gasteiger partial charge in [-0.15, -0.1) is 0 Å². The van der Waals surface area contributed by atoms with E-state index in [-0.39, 0.29) is 22.6 Å². The molecule has 28 heavy (non-hydrogen) atoms. The molecule has 4 rings (SSSR count). The number of aliphatic hydroxyl groups excluding tert-OH is 1. The Morgan fingerprint density at radius 3 is 2.71 bits per heavy atom. The van der Waals surface area contributed by atoms with Gasteiger partial charge in [-0.3, -0.25) is 0 Å². The second-order valence-corrected chi connectivity index (χ2v) is 9.41. The quantitative estimate of drug-likeness (QED) is 0.603. The lowest BCUT2D eigenvalue weighted by Gasteiger charge is -2.54. The van der Waals surface area contributed by atoms with Gasteiger partial charge in [-0.05, 0) is 49.3 Å². The zero-order valence-corrected chi connectivity index (χ0v) is 17.2. The first-order valence-corrected chi connectivity index (χ1v) is 10.3. The maximum Gasteiger partial charge on any atom is 0.336 e. The molecule has 0 radical (unpaired) electrons. The second-order valence-electron chi connectivity index (χ2n) is 9.41. The van der Waals surface area contributed by atoms with Crippen LogP contribution in [0.5, 0.6) is 5.75 Å². The maximum absolute atomic E-state index is 11.5. The third kappa shape index (κ3) is 3.08. The Morgan fingerprint density at radius 2 is 1.93 bits per heavy atom. The number of hydrogen-bond donors (Lipinski definition) is 1. The van der Waals surface area contributed by atoms with E-state index in [4.69, 9.17) is 9.15 Å². The topological polar surface area (TPSA) is 59.7 Å². The highest BCUT2D eigenvalue weighted by atomic mass is 16.5. The van der Waals surface area contributed by atoms with Crippen molar-refractivity contribution in [2.24, 2.45) is 22.7 Å². The number of benzene rings is 1. The summed E-state index contributed by atoms with van der Waals surface area (Å²) in [5.41, 5.74) is 1.40. The maximum atomic E-state index is 11.5. The van der Waals surface area contributed by atoms with Crippen LogP contribution in [0.4, 0.5) is 0 Å². The zero-order valence-electron chi connectivity index (χ0n) is 17.2. The number of fused-ring (bicyclic) bond motifs is 2. The van der Waals surface area contributed by atoms with Crippen molar-refractivity contribution in [3.63, 3.8) is 0 Å². The molecule has 1 aromatic carbocycles. The molecule has 0 aliphatic heterocycles. The first-order chi connectivity index (χ1) is 13.2. The Hall–Kier alpha value is -2.07. The monoisotopic (exact) mass is 382 g/mol. The van der Waals surface area contributed by atoms with Crippen molar-refractivity contribution >= 4 is 11.0 Å². The molecule has 2 aliphatic carbocycles. The molecule has 1 N–H and O–H groups in total. The van der Waals surface area contributed by atoms with Crippen LogP contribution < -0.4 is 10.4 Å². The molecule has 1 aromatic heterocycles. The highest BCUT2D eigenvalue weighted by Crippen LogP contribution is 2.56. The van der Waals surface area contributed by atoms with Gasteiger partial charge in [0.1, 0.15) is 11.3 Å². The summed E-state index contributed by atoms with van der Waals surface area (Å²) in [5.74, 6) is 1.63. The fraction of sp³-hybridized carbons (Fsp3) is 0.542. The number of hydrogen-bond acceptors (Lipinski definition) is 4. The van der Waals surface area contributed by atoms with E-state index >= 15 is 0 Å². The summed E-state index contributed by atoms with van der Waals surface area (Å²) in [6.07, 6.45) is 4.92. The number of ether oxygens (including phenoxy) is 1. The van der Waals surface area contributed by atoms with Gasteiger partial charge >= 0.3 is 5.63 Å². The van der Waals surface area contributed by atoms with Crippen LogP contribution >= 0.6 is 0 Å². The van der Waals surface area contributed by atoms with Gasteiger partial charge in [-0.2, -0.15) is 0 Å². The van der Waals surface area contributed by atoms with Gasteiger partial charge < -0.3 is 14.3 Å². The van der Waals surface area contributed by atoms with Gasteiger partial charge in [0.25, 0.3) is 0 Å². The predicted molar refractivity (Wildman–Crippen MR) is 110 cm³/mol. The van der Waals surface area contributed by atoms with E-state index in [1.165, 1.54) is 11.6 Å². The average Bonchev–Trinajstić information content (AvgIpc) is 2.66. The molecule has 0 saturated heterocycles. The van der Waals surface area contributed by atoms with Crippen LogP contribution in [0.25, 0.3) is 11.0 Å². The van der Waals surface area contributed by atoms with E-state index in [9.17, 15) is 9.90 Å². The van der Waals surface area contributed by atoms with Crippen molar-refractivity contribution in [1.29, 1.82) is 0 Å². The van der Waals surface area contributed by atoms with Crippen LogP contribution in [0, 0.1) is 22.7 Å². The number of aliphatic hydroxyl groups is 1. The Morgan fingerprint density at radius 1 is 1.18 bits per heavy atom. The Bertz CT molecular complexity index is 970. The summed E-state index contributed by atoms with van der Waals surface area (Å²) in [6, 6.07) is 8.86. The molecule has 0 spiro atoms. The van der Waals surface area contributed by atoms with E-state index in [0.717, 1.165) is 30.4 Å². The second kappa shape index (κ2) is 6.77. The average molecular weight is 383 g/mol. The molecule has 4 nitrogen and oxygen atoms in total. The first kappa shape index (κ1) is 19.3. The normalized spacial score (nSPS) is 31.9. The number of rotatable bonds is 3. The standard InChI is InChI=1S/C24H30O4/c1-15-5-9-18-19(10-11-21(25)23(18,2)3)24(15,4)14-27-17-8-6-16-7-12-22(26)28-20(16)13-17/h6-9,12-13,15,19,21,25H,5,10-11,14H2,1-4H3/t15-,19-,21-,24-/m0/s1. The molecule has 0 bridgehead atoms. The summed E-state index contributed by atoms with van der Waals surface area (Å²) in [6.45, 7) is 9.56. The van der Waals surface area contributed by atoms with Gasteiger partial charge in [-0.1, -0.05) is 39.3 Å². The summed E-state index contributed by atoms with van der Waals surface area (Å²) < 4.78 is 11.6. The van der Waals surface area contributed by atoms with Crippen LogP contribution in [0.1, 0.15) is 47.0 Å². The highest BCUT2D eigenvalue weighted by Gasteiger charge is 2.51. The van der Waals surface area contributed by atoms with E-state index in [2.05, 4.69) is 33.8 Å². The van der Waals surface area contributed by atoms with E-state index in [1.54, 1.807) is 12.1 Å². The lowest BCUT2D eigenvalue weighted by Crippen LogP contribution is -2.50. The number of allylic oxidation sites excluding steroid dienone is 1. The molecular weight excluding hydrogens is 352 g/mol. The minimum Gasteiger partial charge on any atom is -0.493 e. The molecule has 2 aliphatic rings. The Kier molecular flexibility index (Phi) is 4.65. The lowest BCUT2D eigenvalue weighted by molar-refractivity contribution is -0.0287. The van der Waals surface area contributed by atoms with Crippen molar-refractivity contribution in [3.8, 4) is 5.75 Å². The molecule has 4 atom stereocenters. The molecular formula is C24H30O4. The molecule has 0 amide bonds. The van der Waals surface area contributed by atoms with Crippen molar-refractivity contribution in [1.82, 2.24) is 0 Å². The fourth-order valence-corrected chi connectivity index (χ4v) is 5.10. The predicted octanol–water partition coefficient (Wildman–Crippen LogP) is 4.94. The van der Waals surface area contributed by atoms with Crippen molar-refractivity contribution in [2.75, 3.05) is 6.61 Å². The summed E-state index contributed by atoms with van der Waals surface area (Å²) in [5, 5.41) is 11.4. The Balaban J connectivity index is 1.60. The van der Waals surface area contributed by atoms with E-state index in [1.807, 2.05) is 12.1 Å². The lowest BCUT2D eigenvalue weighted by atomic mass is 9.52. The third-order valence-corrected chi connectivity index (χ3v) is 7.44. The summed E-state index contributed by atoms with van der Waals surface area (Å²) >= 11 is 0. The van der Waals surface area contributed by atoms with Gasteiger partial charge in [-0.25, -0.2) is 4.79 Å². The van der Waals surface area contributed by atoms with E-state index < -0.39 is 0 Å². The molecule has 0 unspecified atom stereocenters. The van der Waals surface area contributed by atoms with Gasteiger partial charge in [0.2, 0.25) is 0 Å². The van der Waals surface area contributed by atoms with Gasteiger partial charge in [0.15, 0.2) is 0 Å². The van der Waals surface area contributed by atoms with Crippen LogP contribution in [0.15, 0.2) is 51.2 Å².